The van der Waals surface area contributed by atoms with E-state index in [9.17, 15) is 29.1 Å². The average molecular weight is 737 g/mol. The molecule has 0 saturated carbocycles. The highest BCUT2D eigenvalue weighted by molar-refractivity contribution is 7.99. The molecule has 292 valence electrons. The Morgan fingerprint density at radius 1 is 0.680 bits per heavy atom. The van der Waals surface area contributed by atoms with Gasteiger partial charge in [-0.1, -0.05) is 84.0 Å². The molecule has 0 aliphatic carbocycles. The molecule has 0 fully saturated rings. The van der Waals surface area contributed by atoms with E-state index in [-0.39, 0.29) is 58.6 Å². The lowest BCUT2D eigenvalue weighted by Crippen LogP contribution is -2.56. The minimum atomic E-state index is -1.25. The first kappa shape index (κ1) is 47.3. The Hall–Kier alpha value is -2.66. The second-order valence-electron chi connectivity index (χ2n) is 11.9. The first-order valence-electron chi connectivity index (χ1n) is 18.1. The van der Waals surface area contributed by atoms with Crippen molar-refractivity contribution in [2.24, 2.45) is 5.73 Å². The van der Waals surface area contributed by atoms with E-state index in [4.69, 9.17) is 29.8 Å². The molecule has 0 spiro atoms. The summed E-state index contributed by atoms with van der Waals surface area (Å²) in [6.45, 7) is 2.51. The average Bonchev–Trinajstić information content (AvgIpc) is 3.08. The Morgan fingerprint density at radius 2 is 1.24 bits per heavy atom. The van der Waals surface area contributed by atoms with Gasteiger partial charge in [0.05, 0.1) is 39.6 Å². The van der Waals surface area contributed by atoms with Gasteiger partial charge >= 0.3 is 18.0 Å². The van der Waals surface area contributed by atoms with Crippen LogP contribution in [-0.2, 0) is 38.1 Å². The summed E-state index contributed by atoms with van der Waals surface area (Å²) in [6, 6.07) is -3.19. The van der Waals surface area contributed by atoms with Gasteiger partial charge in [-0.15, -0.1) is 0 Å². The maximum Gasteiger partial charge on any atom is 0.329 e. The molecule has 15 nitrogen and oxygen atoms in total. The van der Waals surface area contributed by atoms with Gasteiger partial charge in [0.2, 0.25) is 11.8 Å². The van der Waals surface area contributed by atoms with E-state index in [1.165, 1.54) is 76.0 Å². The van der Waals surface area contributed by atoms with Crippen LogP contribution in [0, 0.1) is 0 Å². The number of hydrogen-bond acceptors (Lipinski definition) is 11. The van der Waals surface area contributed by atoms with Crippen molar-refractivity contribution in [3.8, 4) is 0 Å². The van der Waals surface area contributed by atoms with Crippen molar-refractivity contribution in [1.82, 2.24) is 16.0 Å². The molecule has 0 aromatic rings. The Morgan fingerprint density at radius 3 is 1.80 bits per heavy atom. The summed E-state index contributed by atoms with van der Waals surface area (Å²) in [6.07, 6.45) is 16.8. The minimum absolute atomic E-state index is 0.108. The monoisotopic (exact) mass is 736 g/mol. The Kier molecular flexibility index (Phi) is 32.9. The smallest absolute Gasteiger partial charge is 0.329 e. The van der Waals surface area contributed by atoms with Crippen molar-refractivity contribution in [1.29, 1.82) is 0 Å². The molecule has 0 bridgehead atoms. The number of aliphatic carboxylic acids is 1. The zero-order chi connectivity index (χ0) is 37.1. The number of thioether (sulfide) groups is 1. The number of unbranched alkanes of at least 4 members (excludes halogenated alkanes) is 12. The predicted molar refractivity (Wildman–Crippen MR) is 192 cm³/mol. The lowest BCUT2D eigenvalue weighted by molar-refractivity contribution is -0.143. The summed E-state index contributed by atoms with van der Waals surface area (Å²) in [4.78, 5) is 59.1. The highest BCUT2D eigenvalue weighted by Gasteiger charge is 2.25. The number of carbonyl (C=O) groups is 5. The molecule has 0 aromatic heterocycles. The Labute approximate surface area is 302 Å². The van der Waals surface area contributed by atoms with Crippen molar-refractivity contribution >= 4 is 41.5 Å². The minimum Gasteiger partial charge on any atom is -0.480 e. The van der Waals surface area contributed by atoms with Crippen LogP contribution in [0.3, 0.4) is 0 Å². The summed E-state index contributed by atoms with van der Waals surface area (Å²) in [5.41, 5.74) is 5.23. The van der Waals surface area contributed by atoms with E-state index in [2.05, 4.69) is 22.9 Å². The number of hydrogen-bond donors (Lipinski definition) is 6. The van der Waals surface area contributed by atoms with Crippen molar-refractivity contribution in [3.05, 3.63) is 0 Å². The van der Waals surface area contributed by atoms with Gasteiger partial charge in [-0.05, 0) is 18.6 Å². The number of esters is 1. The molecule has 50 heavy (non-hydrogen) atoms. The number of carboxylic acids is 1. The molecule has 0 aromatic carbocycles. The quantitative estimate of drug-likeness (QED) is 0.0404. The lowest BCUT2D eigenvalue weighted by Gasteiger charge is -2.21. The van der Waals surface area contributed by atoms with Gasteiger partial charge in [0.1, 0.15) is 25.3 Å². The molecule has 0 heterocycles. The number of ether oxygens (including phenoxy) is 4. The molecule has 0 aliphatic heterocycles. The molecule has 0 saturated heterocycles. The fraction of sp³-hybridized carbons (Fsp3) is 0.853. The fourth-order valence-corrected chi connectivity index (χ4v) is 5.56. The molecule has 0 radical (unpaired) electrons. The highest BCUT2D eigenvalue weighted by atomic mass is 32.2. The number of carbonyl (C=O) groups excluding carboxylic acids is 4. The molecular weight excluding hydrogens is 672 g/mol. The van der Waals surface area contributed by atoms with Gasteiger partial charge in [-0.3, -0.25) is 14.4 Å². The fourth-order valence-electron chi connectivity index (χ4n) is 4.75. The topological polar surface area (TPSA) is 225 Å². The maximum atomic E-state index is 12.8. The molecule has 0 aliphatic rings. The van der Waals surface area contributed by atoms with Gasteiger partial charge in [-0.25, -0.2) is 9.59 Å². The Bertz CT molecular complexity index is 901. The summed E-state index contributed by atoms with van der Waals surface area (Å²) >= 11 is 1.44. The van der Waals surface area contributed by atoms with E-state index in [1.54, 1.807) is 0 Å². The summed E-state index contributed by atoms with van der Waals surface area (Å²) in [7, 11) is 0. The van der Waals surface area contributed by atoms with E-state index in [0.29, 0.717) is 17.9 Å². The lowest BCUT2D eigenvalue weighted by atomic mass is 10.0. The normalized spacial score (nSPS) is 12.2. The second-order valence-corrected chi connectivity index (χ2v) is 13.1. The van der Waals surface area contributed by atoms with Gasteiger partial charge in [-0.2, -0.15) is 11.8 Å². The molecule has 16 heteroatoms. The third-order valence-corrected chi connectivity index (χ3v) is 8.47. The van der Waals surface area contributed by atoms with Gasteiger partial charge in [0.25, 0.3) is 0 Å². The third kappa shape index (κ3) is 31.3. The standard InChI is InChI=1S/C34H64N4O11S/c1-2-3-4-5-6-7-8-9-10-11-12-13-14-15-31(42)49-23-25-50-24-16-28(38-34(35)45)33(44)37-29(26-39)32(43)36-17-18-46-19-20-47-21-22-48-27-30(40)41/h28-29,39H,2-27H2,1H3,(H,36,43)(H,37,44)(H,40,41)(H3,35,38,45)/t28-,29-/m0/s1. The number of carboxylic acid groups (broad SMARTS) is 1. The van der Waals surface area contributed by atoms with Crippen LogP contribution >= 0.6 is 11.8 Å². The molecule has 4 amide bonds. The third-order valence-electron chi connectivity index (χ3n) is 7.49. The number of primary amides is 1. The van der Waals surface area contributed by atoms with Crippen LogP contribution in [0.4, 0.5) is 4.79 Å². The van der Waals surface area contributed by atoms with Crippen molar-refractivity contribution in [2.75, 3.05) is 70.9 Å². The molecule has 7 N–H and O–H groups in total. The largest absolute Gasteiger partial charge is 0.480 e. The van der Waals surface area contributed by atoms with Crippen molar-refractivity contribution in [2.45, 2.75) is 115 Å². The number of nitrogens with two attached hydrogens (primary N) is 1. The zero-order valence-electron chi connectivity index (χ0n) is 30.1. The predicted octanol–water partition coefficient (Wildman–Crippen LogP) is 2.90. The number of aliphatic hydroxyl groups excluding tert-OH is 1. The zero-order valence-corrected chi connectivity index (χ0v) is 30.9. The number of rotatable bonds is 36. The number of aliphatic hydroxyl groups is 1. The molecular formula is C34H64N4O11S. The maximum absolute atomic E-state index is 12.8. The van der Waals surface area contributed by atoms with E-state index in [1.807, 2.05) is 0 Å². The molecule has 0 unspecified atom stereocenters. The Balaban J connectivity index is 4.02. The first-order valence-corrected chi connectivity index (χ1v) is 19.3. The van der Waals surface area contributed by atoms with Crippen LogP contribution in [0.2, 0.25) is 0 Å². The van der Waals surface area contributed by atoms with Gasteiger partial charge in [0, 0.05) is 18.7 Å². The summed E-state index contributed by atoms with van der Waals surface area (Å²) < 4.78 is 20.7. The first-order chi connectivity index (χ1) is 24.2. The van der Waals surface area contributed by atoms with Gasteiger partial charge in [0.15, 0.2) is 0 Å². The van der Waals surface area contributed by atoms with Crippen LogP contribution in [0.1, 0.15) is 103 Å². The summed E-state index contributed by atoms with van der Waals surface area (Å²) in [5, 5.41) is 25.4. The van der Waals surface area contributed by atoms with E-state index in [0.717, 1.165) is 19.3 Å². The van der Waals surface area contributed by atoms with E-state index >= 15 is 0 Å². The van der Waals surface area contributed by atoms with Gasteiger partial charge < -0.3 is 50.8 Å². The van der Waals surface area contributed by atoms with Crippen LogP contribution in [0.5, 0.6) is 0 Å². The second kappa shape index (κ2) is 34.8. The molecule has 0 rings (SSSR count). The van der Waals surface area contributed by atoms with Crippen LogP contribution in [0.25, 0.3) is 0 Å². The number of nitrogens with one attached hydrogen (secondary N) is 3. The SMILES string of the molecule is CCCCCCCCCCCCCCCC(=O)OCCSCC[C@H](NC(N)=O)C(=O)N[C@@H](CO)C(=O)NCCOCCOCCOCC(=O)O. The van der Waals surface area contributed by atoms with Crippen LogP contribution in [-0.4, -0.2) is 123 Å². The highest BCUT2D eigenvalue weighted by Crippen LogP contribution is 2.13. The number of urea groups is 1. The van der Waals surface area contributed by atoms with Crippen molar-refractivity contribution < 1.29 is 53.1 Å². The molecule has 2 atom stereocenters. The number of amides is 4. The van der Waals surface area contributed by atoms with Crippen LogP contribution < -0.4 is 21.7 Å². The van der Waals surface area contributed by atoms with Crippen LogP contribution in [0.15, 0.2) is 0 Å². The van der Waals surface area contributed by atoms with E-state index < -0.39 is 49.1 Å². The van der Waals surface area contributed by atoms with Crippen molar-refractivity contribution in [3.63, 3.8) is 0 Å². The summed E-state index contributed by atoms with van der Waals surface area (Å²) in [5.74, 6) is -1.62.